The number of amides is 1. The largest absolute Gasteiger partial charge is 0.444 e. The molecule has 0 spiro atoms. The zero-order valence-electron chi connectivity index (χ0n) is 15.2. The molecule has 0 aromatic heterocycles. The van der Waals surface area contributed by atoms with Crippen molar-refractivity contribution in [1.82, 2.24) is 10.6 Å². The first kappa shape index (κ1) is 19.5. The quantitative estimate of drug-likeness (QED) is 0.809. The number of nitrogens with one attached hydrogen (secondary N) is 2. The second kappa shape index (κ2) is 8.31. The molecule has 1 rings (SSSR count). The topological polar surface area (TPSA) is 59.6 Å². The Morgan fingerprint density at radius 1 is 1.04 bits per heavy atom. The van der Waals surface area contributed by atoms with Crippen molar-refractivity contribution in [2.24, 2.45) is 0 Å². The monoisotopic (exact) mass is 322 g/mol. The third-order valence-electron chi connectivity index (χ3n) is 3.07. The van der Waals surface area contributed by atoms with E-state index in [-0.39, 0.29) is 0 Å². The number of ether oxygens (including phenoxy) is 2. The fraction of sp³-hybridized carbons (Fsp3) is 0.611. The molecule has 0 unspecified atom stereocenters. The predicted molar refractivity (Wildman–Crippen MR) is 92.3 cm³/mol. The van der Waals surface area contributed by atoms with E-state index in [1.807, 2.05) is 34.6 Å². The fourth-order valence-electron chi connectivity index (χ4n) is 2.06. The molecule has 5 nitrogen and oxygen atoms in total. The minimum atomic E-state index is -0.489. The van der Waals surface area contributed by atoms with Crippen LogP contribution in [0.1, 0.15) is 45.7 Å². The van der Waals surface area contributed by atoms with Crippen molar-refractivity contribution in [2.75, 3.05) is 13.7 Å². The normalized spacial score (nSPS) is 12.1. The van der Waals surface area contributed by atoms with Crippen LogP contribution in [0.3, 0.4) is 0 Å². The Kier molecular flexibility index (Phi) is 7.03. The molecule has 0 radical (unpaired) electrons. The second-order valence-corrected chi connectivity index (χ2v) is 7.36. The summed E-state index contributed by atoms with van der Waals surface area (Å²) in [6.45, 7) is 11.5. The summed E-state index contributed by atoms with van der Waals surface area (Å²) in [7, 11) is 1.69. The minimum absolute atomic E-state index is 0.391. The first-order valence-corrected chi connectivity index (χ1v) is 7.90. The van der Waals surface area contributed by atoms with Gasteiger partial charge in [-0.1, -0.05) is 24.3 Å². The van der Waals surface area contributed by atoms with Crippen LogP contribution in [-0.4, -0.2) is 30.9 Å². The average Bonchev–Trinajstić information content (AvgIpc) is 2.37. The van der Waals surface area contributed by atoms with Gasteiger partial charge in [-0.2, -0.15) is 0 Å². The predicted octanol–water partition coefficient (Wildman–Crippen LogP) is 3.23. The van der Waals surface area contributed by atoms with Crippen molar-refractivity contribution < 1.29 is 14.3 Å². The van der Waals surface area contributed by atoms with E-state index < -0.39 is 17.2 Å². The van der Waals surface area contributed by atoms with Crippen LogP contribution in [0.25, 0.3) is 0 Å². The van der Waals surface area contributed by atoms with E-state index in [2.05, 4.69) is 34.9 Å². The van der Waals surface area contributed by atoms with Gasteiger partial charge in [0.15, 0.2) is 0 Å². The van der Waals surface area contributed by atoms with E-state index in [9.17, 15) is 4.79 Å². The van der Waals surface area contributed by atoms with Crippen molar-refractivity contribution in [1.29, 1.82) is 0 Å². The summed E-state index contributed by atoms with van der Waals surface area (Å²) in [6, 6.07) is 8.28. The lowest BCUT2D eigenvalue weighted by molar-refractivity contribution is 0.0472. The number of carbonyl (C=O) groups is 1. The fourth-order valence-corrected chi connectivity index (χ4v) is 2.06. The summed E-state index contributed by atoms with van der Waals surface area (Å²) in [6.07, 6.45) is -0.395. The molecule has 1 aromatic rings. The zero-order chi connectivity index (χ0) is 17.5. The van der Waals surface area contributed by atoms with Crippen molar-refractivity contribution in [3.8, 4) is 0 Å². The van der Waals surface area contributed by atoms with Gasteiger partial charge >= 0.3 is 6.09 Å². The third-order valence-corrected chi connectivity index (χ3v) is 3.07. The van der Waals surface area contributed by atoms with E-state index >= 15 is 0 Å². The van der Waals surface area contributed by atoms with Crippen molar-refractivity contribution in [3.63, 3.8) is 0 Å². The molecule has 0 saturated heterocycles. The van der Waals surface area contributed by atoms with Crippen molar-refractivity contribution in [3.05, 3.63) is 35.4 Å². The van der Waals surface area contributed by atoms with E-state index in [1.165, 1.54) is 5.56 Å². The lowest BCUT2D eigenvalue weighted by Gasteiger charge is -2.29. The summed E-state index contributed by atoms with van der Waals surface area (Å²) in [5.74, 6) is 0. The van der Waals surface area contributed by atoms with E-state index in [4.69, 9.17) is 9.47 Å². The number of carbonyl (C=O) groups excluding carboxylic acids is 1. The molecular weight excluding hydrogens is 292 g/mol. The van der Waals surface area contributed by atoms with Gasteiger partial charge in [0.2, 0.25) is 0 Å². The van der Waals surface area contributed by atoms with Crippen LogP contribution in [0.15, 0.2) is 24.3 Å². The highest BCUT2D eigenvalue weighted by molar-refractivity contribution is 5.68. The summed E-state index contributed by atoms with van der Waals surface area (Å²) >= 11 is 0. The zero-order valence-corrected chi connectivity index (χ0v) is 15.2. The lowest BCUT2D eigenvalue weighted by atomic mass is 10.1. The summed E-state index contributed by atoms with van der Waals surface area (Å²) < 4.78 is 10.4. The van der Waals surface area contributed by atoms with Gasteiger partial charge < -0.3 is 20.1 Å². The van der Waals surface area contributed by atoms with Crippen LogP contribution in [-0.2, 0) is 22.6 Å². The number of alkyl carbamates (subject to hydrolysis) is 1. The third kappa shape index (κ3) is 8.57. The molecule has 0 aliphatic heterocycles. The SMILES string of the molecule is COCc1ccc(CNCC(C)(C)NC(=O)OC(C)(C)C)cc1. The highest BCUT2D eigenvalue weighted by atomic mass is 16.6. The molecule has 0 saturated carbocycles. The van der Waals surface area contributed by atoms with Gasteiger partial charge in [0, 0.05) is 20.2 Å². The van der Waals surface area contributed by atoms with Crippen LogP contribution in [0.5, 0.6) is 0 Å². The van der Waals surface area contributed by atoms with Gasteiger partial charge in [-0.3, -0.25) is 0 Å². The van der Waals surface area contributed by atoms with E-state index in [0.29, 0.717) is 13.2 Å². The van der Waals surface area contributed by atoms with E-state index in [0.717, 1.165) is 12.1 Å². The van der Waals surface area contributed by atoms with Gasteiger partial charge in [0.05, 0.1) is 12.1 Å². The maximum atomic E-state index is 11.8. The summed E-state index contributed by atoms with van der Waals surface area (Å²) in [4.78, 5) is 11.8. The van der Waals surface area contributed by atoms with E-state index in [1.54, 1.807) is 7.11 Å². The Balaban J connectivity index is 2.39. The van der Waals surface area contributed by atoms with Gasteiger partial charge in [-0.05, 0) is 45.7 Å². The standard InChI is InChI=1S/C18H30N2O3/c1-17(2,3)23-16(21)20-18(4,5)13-19-11-14-7-9-15(10-8-14)12-22-6/h7-10,19H,11-13H2,1-6H3,(H,20,21). The molecule has 0 atom stereocenters. The molecule has 0 bridgehead atoms. The highest BCUT2D eigenvalue weighted by Gasteiger charge is 2.24. The number of rotatable bonds is 7. The molecule has 2 N–H and O–H groups in total. The number of benzene rings is 1. The summed E-state index contributed by atoms with van der Waals surface area (Å²) in [5, 5.41) is 6.24. The second-order valence-electron chi connectivity index (χ2n) is 7.36. The Labute approximate surface area is 139 Å². The van der Waals surface area contributed by atoms with Crippen molar-refractivity contribution >= 4 is 6.09 Å². The minimum Gasteiger partial charge on any atom is -0.444 e. The molecule has 23 heavy (non-hydrogen) atoms. The molecule has 0 fully saturated rings. The Hall–Kier alpha value is -1.59. The van der Waals surface area contributed by atoms with Gasteiger partial charge in [-0.15, -0.1) is 0 Å². The highest BCUT2D eigenvalue weighted by Crippen LogP contribution is 2.10. The molecule has 1 aromatic carbocycles. The molecular formula is C18H30N2O3. The molecule has 0 aliphatic carbocycles. The van der Waals surface area contributed by atoms with Crippen LogP contribution in [0.4, 0.5) is 4.79 Å². The lowest BCUT2D eigenvalue weighted by Crippen LogP contribution is -2.51. The molecule has 0 aliphatic rings. The first-order valence-electron chi connectivity index (χ1n) is 7.90. The molecule has 0 heterocycles. The number of hydrogen-bond acceptors (Lipinski definition) is 4. The Morgan fingerprint density at radius 2 is 1.61 bits per heavy atom. The summed E-state index contributed by atoms with van der Waals surface area (Å²) in [5.41, 5.74) is 1.47. The van der Waals surface area contributed by atoms with Crippen molar-refractivity contribution in [2.45, 2.75) is 58.9 Å². The first-order chi connectivity index (χ1) is 10.6. The van der Waals surface area contributed by atoms with Crippen LogP contribution < -0.4 is 10.6 Å². The van der Waals surface area contributed by atoms with Gasteiger partial charge in [0.25, 0.3) is 0 Å². The average molecular weight is 322 g/mol. The Bertz CT molecular complexity index is 490. The smallest absolute Gasteiger partial charge is 0.408 e. The van der Waals surface area contributed by atoms with Gasteiger partial charge in [-0.25, -0.2) is 4.79 Å². The molecule has 130 valence electrons. The molecule has 1 amide bonds. The van der Waals surface area contributed by atoms with Crippen LogP contribution >= 0.6 is 0 Å². The van der Waals surface area contributed by atoms with Crippen LogP contribution in [0.2, 0.25) is 0 Å². The van der Waals surface area contributed by atoms with Crippen LogP contribution in [0, 0.1) is 0 Å². The maximum absolute atomic E-state index is 11.8. The maximum Gasteiger partial charge on any atom is 0.408 e. The number of methoxy groups -OCH3 is 1. The Morgan fingerprint density at radius 3 is 2.13 bits per heavy atom. The molecule has 5 heteroatoms. The number of hydrogen-bond donors (Lipinski definition) is 2. The van der Waals surface area contributed by atoms with Gasteiger partial charge in [0.1, 0.15) is 5.60 Å².